The van der Waals surface area contributed by atoms with Crippen LogP contribution in [0.4, 0.5) is 0 Å². The number of hydrogen-bond donors (Lipinski definition) is 1. The number of rotatable bonds is 9. The quantitative estimate of drug-likeness (QED) is 0.542. The summed E-state index contributed by atoms with van der Waals surface area (Å²) in [4.78, 5) is 11.9. The SMILES string of the molecule is COc1ccc(CCCC(=O)NN=Cc2ccc(OC)c(OC)c2)c(C)c1. The fourth-order valence-electron chi connectivity index (χ4n) is 2.68. The summed E-state index contributed by atoms with van der Waals surface area (Å²) in [6.07, 6.45) is 3.58. The smallest absolute Gasteiger partial charge is 0.240 e. The highest BCUT2D eigenvalue weighted by molar-refractivity contribution is 5.83. The van der Waals surface area contributed by atoms with Crippen molar-refractivity contribution in [3.8, 4) is 17.2 Å². The number of ether oxygens (including phenoxy) is 3. The van der Waals surface area contributed by atoms with Crippen molar-refractivity contribution in [3.05, 3.63) is 53.1 Å². The van der Waals surface area contributed by atoms with Gasteiger partial charge < -0.3 is 14.2 Å². The van der Waals surface area contributed by atoms with Crippen LogP contribution in [0.2, 0.25) is 0 Å². The molecule has 0 unspecified atom stereocenters. The third-order valence-corrected chi connectivity index (χ3v) is 4.21. The lowest BCUT2D eigenvalue weighted by Gasteiger charge is -2.08. The number of methoxy groups -OCH3 is 3. The molecule has 2 rings (SSSR count). The van der Waals surface area contributed by atoms with Gasteiger partial charge in [-0.2, -0.15) is 5.10 Å². The first-order valence-corrected chi connectivity index (χ1v) is 8.74. The highest BCUT2D eigenvalue weighted by Crippen LogP contribution is 2.26. The van der Waals surface area contributed by atoms with Crippen molar-refractivity contribution in [1.82, 2.24) is 5.43 Å². The predicted molar refractivity (Wildman–Crippen MR) is 106 cm³/mol. The van der Waals surface area contributed by atoms with E-state index in [9.17, 15) is 4.79 Å². The Labute approximate surface area is 160 Å². The number of aryl methyl sites for hydroxylation is 2. The van der Waals surface area contributed by atoms with Crippen LogP contribution in [0.5, 0.6) is 17.2 Å². The molecule has 0 saturated heterocycles. The number of carbonyl (C=O) groups is 1. The Morgan fingerprint density at radius 3 is 2.48 bits per heavy atom. The summed E-state index contributed by atoms with van der Waals surface area (Å²) < 4.78 is 15.6. The molecule has 6 nitrogen and oxygen atoms in total. The summed E-state index contributed by atoms with van der Waals surface area (Å²) in [5, 5.41) is 4.00. The maximum absolute atomic E-state index is 11.9. The minimum Gasteiger partial charge on any atom is -0.497 e. The Kier molecular flexibility index (Phi) is 7.67. The molecule has 0 saturated carbocycles. The normalized spacial score (nSPS) is 10.7. The Morgan fingerprint density at radius 1 is 1.04 bits per heavy atom. The molecule has 1 amide bonds. The molecule has 0 spiro atoms. The molecule has 0 aliphatic rings. The maximum Gasteiger partial charge on any atom is 0.240 e. The summed E-state index contributed by atoms with van der Waals surface area (Å²) in [5.74, 6) is 1.99. The first kappa shape index (κ1) is 20.3. The van der Waals surface area contributed by atoms with E-state index in [2.05, 4.69) is 10.5 Å². The molecule has 2 aromatic rings. The molecule has 27 heavy (non-hydrogen) atoms. The highest BCUT2D eigenvalue weighted by atomic mass is 16.5. The molecule has 2 aromatic carbocycles. The van der Waals surface area contributed by atoms with Crippen molar-refractivity contribution >= 4 is 12.1 Å². The van der Waals surface area contributed by atoms with E-state index in [1.807, 2.05) is 31.2 Å². The minimum atomic E-state index is -0.113. The summed E-state index contributed by atoms with van der Waals surface area (Å²) in [7, 11) is 4.81. The zero-order chi connectivity index (χ0) is 19.6. The van der Waals surface area contributed by atoms with Gasteiger partial charge in [0.25, 0.3) is 0 Å². The van der Waals surface area contributed by atoms with Crippen molar-refractivity contribution in [3.63, 3.8) is 0 Å². The molecule has 0 bridgehead atoms. The van der Waals surface area contributed by atoms with Gasteiger partial charge in [0.1, 0.15) is 5.75 Å². The molecule has 0 radical (unpaired) electrons. The monoisotopic (exact) mass is 370 g/mol. The van der Waals surface area contributed by atoms with Gasteiger partial charge in [-0.15, -0.1) is 0 Å². The molecule has 1 N–H and O–H groups in total. The van der Waals surface area contributed by atoms with Crippen LogP contribution in [0, 0.1) is 6.92 Å². The van der Waals surface area contributed by atoms with E-state index < -0.39 is 0 Å². The zero-order valence-corrected chi connectivity index (χ0v) is 16.2. The lowest BCUT2D eigenvalue weighted by Crippen LogP contribution is -2.17. The van der Waals surface area contributed by atoms with E-state index in [0.717, 1.165) is 24.2 Å². The standard InChI is InChI=1S/C21H26N2O4/c1-15-12-18(25-2)10-9-17(15)6-5-7-21(24)23-22-14-16-8-11-19(26-3)20(13-16)27-4/h8-14H,5-7H2,1-4H3,(H,23,24). The third-order valence-electron chi connectivity index (χ3n) is 4.21. The van der Waals surface area contributed by atoms with Gasteiger partial charge in [0, 0.05) is 6.42 Å². The highest BCUT2D eigenvalue weighted by Gasteiger charge is 2.05. The average Bonchev–Trinajstić information content (AvgIpc) is 2.69. The van der Waals surface area contributed by atoms with Gasteiger partial charge in [0.2, 0.25) is 5.91 Å². The van der Waals surface area contributed by atoms with Crippen molar-refractivity contribution in [2.24, 2.45) is 5.10 Å². The number of nitrogens with one attached hydrogen (secondary N) is 1. The van der Waals surface area contributed by atoms with Gasteiger partial charge in [-0.25, -0.2) is 5.43 Å². The lowest BCUT2D eigenvalue weighted by atomic mass is 10.0. The van der Waals surface area contributed by atoms with E-state index in [0.29, 0.717) is 17.9 Å². The summed E-state index contributed by atoms with van der Waals surface area (Å²) >= 11 is 0. The number of nitrogens with zero attached hydrogens (tertiary/aromatic N) is 1. The van der Waals surface area contributed by atoms with E-state index in [1.54, 1.807) is 39.7 Å². The lowest BCUT2D eigenvalue weighted by molar-refractivity contribution is -0.121. The topological polar surface area (TPSA) is 69.2 Å². The van der Waals surface area contributed by atoms with Gasteiger partial charge in [0.15, 0.2) is 11.5 Å². The van der Waals surface area contributed by atoms with E-state index in [1.165, 1.54) is 11.1 Å². The van der Waals surface area contributed by atoms with Crippen LogP contribution in [0.3, 0.4) is 0 Å². The number of amides is 1. The fraction of sp³-hybridized carbons (Fsp3) is 0.333. The van der Waals surface area contributed by atoms with Gasteiger partial charge in [-0.1, -0.05) is 6.07 Å². The number of benzene rings is 2. The Balaban J connectivity index is 1.80. The van der Waals surface area contributed by atoms with Crippen molar-refractivity contribution in [2.75, 3.05) is 21.3 Å². The van der Waals surface area contributed by atoms with Crippen LogP contribution in [-0.4, -0.2) is 33.5 Å². The van der Waals surface area contributed by atoms with E-state index >= 15 is 0 Å². The van der Waals surface area contributed by atoms with Crippen LogP contribution >= 0.6 is 0 Å². The van der Waals surface area contributed by atoms with Gasteiger partial charge >= 0.3 is 0 Å². The van der Waals surface area contributed by atoms with E-state index in [-0.39, 0.29) is 5.91 Å². The third kappa shape index (κ3) is 6.02. The first-order chi connectivity index (χ1) is 13.1. The molecule has 0 aliphatic heterocycles. The second-order valence-corrected chi connectivity index (χ2v) is 6.05. The Morgan fingerprint density at radius 2 is 1.81 bits per heavy atom. The second kappa shape index (κ2) is 10.2. The summed E-state index contributed by atoms with van der Waals surface area (Å²) in [5.41, 5.74) is 5.75. The Bertz CT molecular complexity index is 803. The van der Waals surface area contributed by atoms with E-state index in [4.69, 9.17) is 14.2 Å². The minimum absolute atomic E-state index is 0.113. The fourth-order valence-corrected chi connectivity index (χ4v) is 2.68. The molecule has 0 fully saturated rings. The van der Waals surface area contributed by atoms with Gasteiger partial charge in [0.05, 0.1) is 27.5 Å². The Hall–Kier alpha value is -3.02. The molecule has 0 heterocycles. The average molecular weight is 370 g/mol. The molecule has 6 heteroatoms. The maximum atomic E-state index is 11.9. The van der Waals surface area contributed by atoms with Crippen molar-refractivity contribution in [2.45, 2.75) is 26.2 Å². The second-order valence-electron chi connectivity index (χ2n) is 6.05. The van der Waals surface area contributed by atoms with Crippen LogP contribution in [0.15, 0.2) is 41.5 Å². The van der Waals surface area contributed by atoms with Crippen LogP contribution < -0.4 is 19.6 Å². The van der Waals surface area contributed by atoms with Crippen LogP contribution in [0.25, 0.3) is 0 Å². The molecule has 0 atom stereocenters. The molecule has 0 aromatic heterocycles. The number of hydrogen-bond acceptors (Lipinski definition) is 5. The van der Waals surface area contributed by atoms with Gasteiger partial charge in [-0.05, 0) is 66.8 Å². The predicted octanol–water partition coefficient (Wildman–Crippen LogP) is 3.49. The van der Waals surface area contributed by atoms with Crippen molar-refractivity contribution < 1.29 is 19.0 Å². The molecular weight excluding hydrogens is 344 g/mol. The van der Waals surface area contributed by atoms with Gasteiger partial charge in [-0.3, -0.25) is 4.79 Å². The largest absolute Gasteiger partial charge is 0.497 e. The molecule has 144 valence electrons. The molecular formula is C21H26N2O4. The summed E-state index contributed by atoms with van der Waals surface area (Å²) in [6, 6.07) is 11.4. The van der Waals surface area contributed by atoms with Crippen LogP contribution in [-0.2, 0) is 11.2 Å². The molecule has 0 aliphatic carbocycles. The zero-order valence-electron chi connectivity index (χ0n) is 16.2. The number of carbonyl (C=O) groups excluding carboxylic acids is 1. The number of hydrazone groups is 1. The first-order valence-electron chi connectivity index (χ1n) is 8.74. The van der Waals surface area contributed by atoms with Crippen molar-refractivity contribution in [1.29, 1.82) is 0 Å². The van der Waals surface area contributed by atoms with Crippen LogP contribution in [0.1, 0.15) is 29.5 Å². The summed E-state index contributed by atoms with van der Waals surface area (Å²) in [6.45, 7) is 2.05.